The summed E-state index contributed by atoms with van der Waals surface area (Å²) in [6, 6.07) is 4.34. The molecule has 0 bridgehead atoms. The molecule has 6 heteroatoms. The van der Waals surface area contributed by atoms with E-state index < -0.39 is 11.9 Å². The van der Waals surface area contributed by atoms with Crippen molar-refractivity contribution in [2.75, 3.05) is 0 Å². The lowest BCUT2D eigenvalue weighted by Crippen LogP contribution is -1.99. The molecule has 0 radical (unpaired) electrons. The fraction of sp³-hybridized carbons (Fsp3) is 0.308. The average Bonchev–Trinajstić information content (AvgIpc) is 3.04. The number of hydrogen-bond acceptors (Lipinski definition) is 4. The van der Waals surface area contributed by atoms with Crippen LogP contribution < -0.4 is 0 Å². The second-order valence-corrected chi connectivity index (χ2v) is 4.70. The number of benzene rings is 1. The Labute approximate surface area is 108 Å². The number of aliphatic carboxylic acids is 1. The number of nitrogens with zero attached hydrogens (tertiary/aromatic N) is 2. The maximum atomic E-state index is 13.2. The van der Waals surface area contributed by atoms with Crippen molar-refractivity contribution in [3.8, 4) is 11.4 Å². The molecule has 1 heterocycles. The summed E-state index contributed by atoms with van der Waals surface area (Å²) in [5, 5.41) is 12.6. The summed E-state index contributed by atoms with van der Waals surface area (Å²) in [6.45, 7) is 1.82. The Morgan fingerprint density at radius 2 is 2.32 bits per heavy atom. The SMILES string of the molecule is Cc1ccc(F)cc1-c1noc(C2CC2C(=O)O)n1. The zero-order valence-corrected chi connectivity index (χ0v) is 10.1. The van der Waals surface area contributed by atoms with Crippen molar-refractivity contribution in [3.63, 3.8) is 0 Å². The monoisotopic (exact) mass is 262 g/mol. The molecule has 1 saturated carbocycles. The second-order valence-electron chi connectivity index (χ2n) is 4.70. The lowest BCUT2D eigenvalue weighted by molar-refractivity contribution is -0.138. The first-order valence-electron chi connectivity index (χ1n) is 5.89. The minimum absolute atomic E-state index is 0.215. The molecule has 98 valence electrons. The molecule has 1 aliphatic rings. The summed E-state index contributed by atoms with van der Waals surface area (Å²) in [7, 11) is 0. The van der Waals surface area contributed by atoms with Crippen molar-refractivity contribution in [3.05, 3.63) is 35.5 Å². The third-order valence-corrected chi connectivity index (χ3v) is 3.31. The van der Waals surface area contributed by atoms with Gasteiger partial charge in [-0.05, 0) is 31.0 Å². The average molecular weight is 262 g/mol. The lowest BCUT2D eigenvalue weighted by atomic mass is 10.1. The molecule has 2 atom stereocenters. The van der Waals surface area contributed by atoms with Crippen LogP contribution >= 0.6 is 0 Å². The van der Waals surface area contributed by atoms with Crippen molar-refractivity contribution in [2.24, 2.45) is 5.92 Å². The second kappa shape index (κ2) is 4.15. The van der Waals surface area contributed by atoms with Gasteiger partial charge in [0.15, 0.2) is 0 Å². The molecule has 1 fully saturated rings. The van der Waals surface area contributed by atoms with Crippen molar-refractivity contribution < 1.29 is 18.8 Å². The summed E-state index contributed by atoms with van der Waals surface area (Å²) in [4.78, 5) is 15.0. The van der Waals surface area contributed by atoms with Crippen molar-refractivity contribution in [1.29, 1.82) is 0 Å². The summed E-state index contributed by atoms with van der Waals surface area (Å²) in [5.41, 5.74) is 1.39. The van der Waals surface area contributed by atoms with E-state index in [2.05, 4.69) is 10.1 Å². The van der Waals surface area contributed by atoms with Gasteiger partial charge < -0.3 is 9.63 Å². The fourth-order valence-corrected chi connectivity index (χ4v) is 2.07. The van der Waals surface area contributed by atoms with E-state index in [0.29, 0.717) is 23.7 Å². The van der Waals surface area contributed by atoms with Gasteiger partial charge in [0.25, 0.3) is 0 Å². The van der Waals surface area contributed by atoms with Crippen LogP contribution in [0.5, 0.6) is 0 Å². The van der Waals surface area contributed by atoms with Gasteiger partial charge in [-0.3, -0.25) is 4.79 Å². The number of aryl methyl sites for hydroxylation is 1. The third-order valence-electron chi connectivity index (χ3n) is 3.31. The van der Waals surface area contributed by atoms with Gasteiger partial charge in [0, 0.05) is 5.56 Å². The standard InChI is InChI=1S/C13H11FN2O3/c1-6-2-3-7(14)4-8(6)11-15-12(19-16-11)9-5-10(9)13(17)18/h2-4,9-10H,5H2,1H3,(H,17,18). The van der Waals surface area contributed by atoms with Gasteiger partial charge in [-0.25, -0.2) is 4.39 Å². The van der Waals surface area contributed by atoms with Crippen molar-refractivity contribution in [2.45, 2.75) is 19.3 Å². The third kappa shape index (κ3) is 2.09. The number of rotatable bonds is 3. The Kier molecular flexibility index (Phi) is 2.58. The van der Waals surface area contributed by atoms with Gasteiger partial charge in [-0.15, -0.1) is 0 Å². The Hall–Kier alpha value is -2.24. The lowest BCUT2D eigenvalue weighted by Gasteiger charge is -1.99. The maximum absolute atomic E-state index is 13.2. The van der Waals surface area contributed by atoms with E-state index in [1.165, 1.54) is 12.1 Å². The van der Waals surface area contributed by atoms with Gasteiger partial charge in [-0.2, -0.15) is 4.98 Å². The van der Waals surface area contributed by atoms with E-state index in [4.69, 9.17) is 9.63 Å². The highest BCUT2D eigenvalue weighted by Gasteiger charge is 2.48. The smallest absolute Gasteiger partial charge is 0.307 e. The first kappa shape index (κ1) is 11.8. The number of carboxylic acid groups (broad SMARTS) is 1. The van der Waals surface area contributed by atoms with Crippen LogP contribution in [0.1, 0.15) is 23.8 Å². The minimum Gasteiger partial charge on any atom is -0.481 e. The molecule has 1 aliphatic carbocycles. The number of halogens is 1. The van der Waals surface area contributed by atoms with E-state index in [1.54, 1.807) is 6.07 Å². The summed E-state index contributed by atoms with van der Waals surface area (Å²) in [6.07, 6.45) is 0.513. The van der Waals surface area contributed by atoms with Gasteiger partial charge >= 0.3 is 5.97 Å². The number of aromatic nitrogens is 2. The molecule has 1 N–H and O–H groups in total. The maximum Gasteiger partial charge on any atom is 0.307 e. The fourth-order valence-electron chi connectivity index (χ4n) is 2.07. The van der Waals surface area contributed by atoms with Gasteiger partial charge in [-0.1, -0.05) is 11.2 Å². The van der Waals surface area contributed by atoms with Crippen LogP contribution in [0.25, 0.3) is 11.4 Å². The minimum atomic E-state index is -0.855. The normalized spacial score (nSPS) is 21.4. The predicted octanol–water partition coefficient (Wildman–Crippen LogP) is 2.37. The first-order valence-corrected chi connectivity index (χ1v) is 5.89. The molecule has 1 aromatic heterocycles. The van der Waals surface area contributed by atoms with Crippen LogP contribution in [0.2, 0.25) is 0 Å². The molecule has 0 aliphatic heterocycles. The van der Waals surface area contributed by atoms with Crippen LogP contribution in [0.15, 0.2) is 22.7 Å². The molecular formula is C13H11FN2O3. The zero-order chi connectivity index (χ0) is 13.6. The molecular weight excluding hydrogens is 251 g/mol. The molecule has 0 amide bonds. The quantitative estimate of drug-likeness (QED) is 0.918. The molecule has 0 spiro atoms. The topological polar surface area (TPSA) is 76.2 Å². The Balaban J connectivity index is 1.90. The largest absolute Gasteiger partial charge is 0.481 e. The van der Waals surface area contributed by atoms with Crippen molar-refractivity contribution >= 4 is 5.97 Å². The molecule has 5 nitrogen and oxygen atoms in total. The van der Waals surface area contributed by atoms with Crippen LogP contribution in [0, 0.1) is 18.7 Å². The molecule has 1 aromatic carbocycles. The van der Waals surface area contributed by atoms with Crippen molar-refractivity contribution in [1.82, 2.24) is 10.1 Å². The number of carboxylic acids is 1. The van der Waals surface area contributed by atoms with E-state index in [9.17, 15) is 9.18 Å². The highest BCUT2D eigenvalue weighted by Crippen LogP contribution is 2.47. The molecule has 3 rings (SSSR count). The van der Waals surface area contributed by atoms with Crippen LogP contribution in [0.3, 0.4) is 0 Å². The van der Waals surface area contributed by atoms with E-state index >= 15 is 0 Å². The number of carbonyl (C=O) groups is 1. The molecule has 19 heavy (non-hydrogen) atoms. The van der Waals surface area contributed by atoms with Crippen LogP contribution in [-0.2, 0) is 4.79 Å². The van der Waals surface area contributed by atoms with E-state index in [-0.39, 0.29) is 11.7 Å². The molecule has 0 saturated heterocycles. The van der Waals surface area contributed by atoms with Crippen LogP contribution in [0.4, 0.5) is 4.39 Å². The number of hydrogen-bond donors (Lipinski definition) is 1. The van der Waals surface area contributed by atoms with Gasteiger partial charge in [0.1, 0.15) is 5.82 Å². The molecule has 2 aromatic rings. The Morgan fingerprint density at radius 1 is 1.53 bits per heavy atom. The first-order chi connectivity index (χ1) is 9.06. The summed E-state index contributed by atoms with van der Waals surface area (Å²) < 4.78 is 18.3. The highest BCUT2D eigenvalue weighted by molar-refractivity contribution is 5.74. The highest BCUT2D eigenvalue weighted by atomic mass is 19.1. The Morgan fingerprint density at radius 3 is 3.00 bits per heavy atom. The van der Waals surface area contributed by atoms with E-state index in [1.807, 2.05) is 6.92 Å². The molecule has 2 unspecified atom stereocenters. The summed E-state index contributed by atoms with van der Waals surface area (Å²) in [5.74, 6) is -1.28. The van der Waals surface area contributed by atoms with Crippen LogP contribution in [-0.4, -0.2) is 21.2 Å². The zero-order valence-electron chi connectivity index (χ0n) is 10.1. The van der Waals surface area contributed by atoms with E-state index in [0.717, 1.165) is 5.56 Å². The predicted molar refractivity (Wildman–Crippen MR) is 62.9 cm³/mol. The summed E-state index contributed by atoms with van der Waals surface area (Å²) >= 11 is 0. The van der Waals surface area contributed by atoms with Gasteiger partial charge in [0.2, 0.25) is 11.7 Å². The van der Waals surface area contributed by atoms with Gasteiger partial charge in [0.05, 0.1) is 11.8 Å². The Bertz CT molecular complexity index is 653.